The average molecular weight is 463 g/mol. The fourth-order valence-electron chi connectivity index (χ4n) is 4.42. The number of ketones is 2. The van der Waals surface area contributed by atoms with Crippen LogP contribution in [-0.2, 0) is 22.4 Å². The minimum Gasteiger partial charge on any atom is -0.299 e. The number of carbonyl (C=O) groups excluding carboxylic acids is 2. The zero-order valence-electron chi connectivity index (χ0n) is 17.8. The van der Waals surface area contributed by atoms with Gasteiger partial charge in [-0.1, -0.05) is 60.8 Å². The highest BCUT2D eigenvalue weighted by atomic mass is 35.5. The molecule has 1 fully saturated rings. The highest BCUT2D eigenvalue weighted by Gasteiger charge is 2.38. The summed E-state index contributed by atoms with van der Waals surface area (Å²) in [6.45, 7) is 6.26. The van der Waals surface area contributed by atoms with Crippen molar-refractivity contribution in [3.63, 3.8) is 0 Å². The van der Waals surface area contributed by atoms with E-state index in [9.17, 15) is 9.59 Å². The molecular weight excluding hydrogens is 435 g/mol. The van der Waals surface area contributed by atoms with Gasteiger partial charge in [-0.3, -0.25) is 9.59 Å². The summed E-state index contributed by atoms with van der Waals surface area (Å²) in [5.41, 5.74) is 4.46. The van der Waals surface area contributed by atoms with Crippen LogP contribution in [0, 0.1) is 12.8 Å². The lowest BCUT2D eigenvalue weighted by Crippen LogP contribution is -2.33. The van der Waals surface area contributed by atoms with Crippen molar-refractivity contribution in [2.45, 2.75) is 63.7 Å². The molecule has 3 rings (SSSR count). The number of rotatable bonds is 7. The first kappa shape index (κ1) is 23.4. The number of halogens is 2. The number of hydrogen-bond acceptors (Lipinski definition) is 3. The fourth-order valence-corrected chi connectivity index (χ4v) is 6.03. The molecule has 1 aliphatic carbocycles. The third-order valence-corrected chi connectivity index (χ3v) is 7.89. The van der Waals surface area contributed by atoms with Crippen molar-refractivity contribution >= 4 is 46.5 Å². The Morgan fingerprint density at radius 1 is 1.00 bits per heavy atom. The molecule has 0 bridgehead atoms. The Labute approximate surface area is 193 Å². The van der Waals surface area contributed by atoms with E-state index in [1.807, 2.05) is 12.1 Å². The SMILES string of the molecule is CCc1cc(C)cc(CC)c1C1C(=O)CC(CCSc2cccc(Cl)c2Cl)CC1=O. The lowest BCUT2D eigenvalue weighted by atomic mass is 9.73. The lowest BCUT2D eigenvalue weighted by Gasteiger charge is -2.29. The molecule has 0 aliphatic heterocycles. The van der Waals surface area contributed by atoms with Gasteiger partial charge in [-0.2, -0.15) is 0 Å². The lowest BCUT2D eigenvalue weighted by molar-refractivity contribution is -0.133. The van der Waals surface area contributed by atoms with E-state index in [0.29, 0.717) is 22.9 Å². The minimum absolute atomic E-state index is 0.0790. The first-order valence-corrected chi connectivity index (χ1v) is 12.3. The molecule has 0 atom stereocenters. The molecule has 5 heteroatoms. The topological polar surface area (TPSA) is 34.1 Å². The van der Waals surface area contributed by atoms with Gasteiger partial charge in [0.1, 0.15) is 17.5 Å². The molecule has 2 aromatic rings. The van der Waals surface area contributed by atoms with Crippen LogP contribution in [0.3, 0.4) is 0 Å². The van der Waals surface area contributed by atoms with Gasteiger partial charge in [-0.05, 0) is 66.7 Å². The van der Waals surface area contributed by atoms with Crippen LogP contribution in [0.2, 0.25) is 10.0 Å². The van der Waals surface area contributed by atoms with Gasteiger partial charge in [0, 0.05) is 17.7 Å². The number of aryl methyl sites for hydroxylation is 3. The van der Waals surface area contributed by atoms with E-state index < -0.39 is 5.92 Å². The van der Waals surface area contributed by atoms with Crippen molar-refractivity contribution in [3.8, 4) is 0 Å². The Morgan fingerprint density at radius 3 is 2.17 bits per heavy atom. The van der Waals surface area contributed by atoms with E-state index in [-0.39, 0.29) is 17.5 Å². The largest absolute Gasteiger partial charge is 0.299 e. The van der Waals surface area contributed by atoms with Crippen molar-refractivity contribution in [1.29, 1.82) is 0 Å². The maximum Gasteiger partial charge on any atom is 0.148 e. The molecule has 0 saturated heterocycles. The zero-order valence-corrected chi connectivity index (χ0v) is 20.1. The van der Waals surface area contributed by atoms with Crippen LogP contribution >= 0.6 is 35.0 Å². The first-order valence-electron chi connectivity index (χ1n) is 10.6. The maximum atomic E-state index is 13.1. The fraction of sp³-hybridized carbons (Fsp3) is 0.440. The van der Waals surface area contributed by atoms with Crippen molar-refractivity contribution in [2.24, 2.45) is 5.92 Å². The number of benzene rings is 2. The van der Waals surface area contributed by atoms with E-state index >= 15 is 0 Å². The standard InChI is InChI=1S/C25H28Cl2O2S/c1-4-17-11-15(3)12-18(5-2)23(17)24-20(28)13-16(14-21(24)29)9-10-30-22-8-6-7-19(26)25(22)27/h6-8,11-12,16,24H,4-5,9-10,13-14H2,1-3H3. The van der Waals surface area contributed by atoms with Gasteiger partial charge < -0.3 is 0 Å². The van der Waals surface area contributed by atoms with Crippen LogP contribution in [-0.4, -0.2) is 17.3 Å². The summed E-state index contributed by atoms with van der Waals surface area (Å²) in [7, 11) is 0. The molecule has 0 aromatic heterocycles. The molecule has 0 heterocycles. The Morgan fingerprint density at radius 2 is 1.60 bits per heavy atom. The van der Waals surface area contributed by atoms with Gasteiger partial charge >= 0.3 is 0 Å². The summed E-state index contributed by atoms with van der Waals surface area (Å²) in [5, 5.41) is 1.11. The summed E-state index contributed by atoms with van der Waals surface area (Å²) in [5.74, 6) is 0.487. The molecule has 160 valence electrons. The van der Waals surface area contributed by atoms with Crippen molar-refractivity contribution in [2.75, 3.05) is 5.75 Å². The predicted molar refractivity (Wildman–Crippen MR) is 127 cm³/mol. The van der Waals surface area contributed by atoms with E-state index in [2.05, 4.69) is 32.9 Å². The molecule has 2 aromatic carbocycles. The maximum absolute atomic E-state index is 13.1. The molecule has 2 nitrogen and oxygen atoms in total. The Bertz CT molecular complexity index is 911. The molecule has 0 N–H and O–H groups in total. The van der Waals surface area contributed by atoms with Gasteiger partial charge in [-0.15, -0.1) is 11.8 Å². The average Bonchev–Trinajstić information content (AvgIpc) is 2.71. The van der Waals surface area contributed by atoms with E-state index in [1.54, 1.807) is 17.8 Å². The van der Waals surface area contributed by atoms with E-state index in [1.165, 1.54) is 5.56 Å². The van der Waals surface area contributed by atoms with Crippen molar-refractivity contribution in [1.82, 2.24) is 0 Å². The van der Waals surface area contributed by atoms with Crippen LogP contribution in [0.5, 0.6) is 0 Å². The molecule has 0 spiro atoms. The van der Waals surface area contributed by atoms with Crippen LogP contribution in [0.25, 0.3) is 0 Å². The third kappa shape index (κ3) is 5.12. The van der Waals surface area contributed by atoms with Gasteiger partial charge in [0.05, 0.1) is 10.0 Å². The summed E-state index contributed by atoms with van der Waals surface area (Å²) in [6, 6.07) is 9.86. The number of hydrogen-bond donors (Lipinski definition) is 0. The van der Waals surface area contributed by atoms with Gasteiger partial charge in [0.2, 0.25) is 0 Å². The van der Waals surface area contributed by atoms with Crippen LogP contribution in [0.1, 0.15) is 61.3 Å². The molecule has 30 heavy (non-hydrogen) atoms. The predicted octanol–water partition coefficient (Wildman–Crippen LogP) is 7.24. The van der Waals surface area contributed by atoms with Gasteiger partial charge in [0.15, 0.2) is 0 Å². The molecule has 0 unspecified atom stereocenters. The molecule has 1 aliphatic rings. The quantitative estimate of drug-likeness (QED) is 0.321. The Kier molecular flexibility index (Phi) is 8.06. The highest BCUT2D eigenvalue weighted by molar-refractivity contribution is 7.99. The Balaban J connectivity index is 1.70. The zero-order chi connectivity index (χ0) is 21.8. The molecule has 1 saturated carbocycles. The normalized spacial score (nSPS) is 19.4. The van der Waals surface area contributed by atoms with Crippen LogP contribution in [0.4, 0.5) is 0 Å². The minimum atomic E-state index is -0.582. The second kappa shape index (κ2) is 10.3. The number of Topliss-reactive ketones (excluding diaryl/α,β-unsaturated/α-hetero) is 2. The van der Waals surface area contributed by atoms with Crippen molar-refractivity contribution in [3.05, 3.63) is 62.6 Å². The summed E-state index contributed by atoms with van der Waals surface area (Å²) in [6.07, 6.45) is 3.43. The number of carbonyl (C=O) groups is 2. The van der Waals surface area contributed by atoms with E-state index in [4.69, 9.17) is 23.2 Å². The van der Waals surface area contributed by atoms with Crippen LogP contribution in [0.15, 0.2) is 35.2 Å². The second-order valence-corrected chi connectivity index (χ2v) is 9.95. The second-order valence-electron chi connectivity index (χ2n) is 8.03. The van der Waals surface area contributed by atoms with Crippen LogP contribution < -0.4 is 0 Å². The summed E-state index contributed by atoms with van der Waals surface area (Å²) >= 11 is 14.0. The van der Waals surface area contributed by atoms with Gasteiger partial charge in [-0.25, -0.2) is 0 Å². The van der Waals surface area contributed by atoms with Gasteiger partial charge in [0.25, 0.3) is 0 Å². The number of thioether (sulfide) groups is 1. The third-order valence-electron chi connectivity index (χ3n) is 5.87. The van der Waals surface area contributed by atoms with Crippen molar-refractivity contribution < 1.29 is 9.59 Å². The summed E-state index contributed by atoms with van der Waals surface area (Å²) in [4.78, 5) is 27.1. The monoisotopic (exact) mass is 462 g/mol. The molecule has 0 amide bonds. The molecular formula is C25H28Cl2O2S. The molecule has 0 radical (unpaired) electrons. The Hall–Kier alpha value is -1.29. The summed E-state index contributed by atoms with van der Waals surface area (Å²) < 4.78 is 0. The highest BCUT2D eigenvalue weighted by Crippen LogP contribution is 2.38. The smallest absolute Gasteiger partial charge is 0.148 e. The van der Waals surface area contributed by atoms with E-state index in [0.717, 1.165) is 46.6 Å². The first-order chi connectivity index (χ1) is 14.3.